The lowest BCUT2D eigenvalue weighted by molar-refractivity contribution is -0.111. The van der Waals surface area contributed by atoms with E-state index in [0.29, 0.717) is 29.7 Å². The Balaban J connectivity index is 1.63. The molecule has 30 heavy (non-hydrogen) atoms. The van der Waals surface area contributed by atoms with Gasteiger partial charge in [-0.15, -0.1) is 0 Å². The maximum absolute atomic E-state index is 12.8. The van der Waals surface area contributed by atoms with Crippen LogP contribution in [0.25, 0.3) is 6.08 Å². The van der Waals surface area contributed by atoms with Gasteiger partial charge in [-0.05, 0) is 42.5 Å². The molecule has 1 aliphatic rings. The summed E-state index contributed by atoms with van der Waals surface area (Å²) in [5.74, 6) is 0.805. The molecule has 0 aliphatic carbocycles. The van der Waals surface area contributed by atoms with Crippen LogP contribution in [0, 0.1) is 5.92 Å². The summed E-state index contributed by atoms with van der Waals surface area (Å²) in [6.45, 7) is 6.06. The van der Waals surface area contributed by atoms with Crippen molar-refractivity contribution in [2.75, 3.05) is 18.4 Å². The molecule has 1 aromatic heterocycles. The zero-order valence-corrected chi connectivity index (χ0v) is 18.4. The minimum atomic E-state index is -3.46. The number of amides is 1. The number of anilines is 1. The number of hydrogen-bond donors (Lipinski definition) is 1. The molecule has 1 N–H and O–H groups in total. The molecule has 1 fully saturated rings. The van der Waals surface area contributed by atoms with Crippen LogP contribution in [-0.4, -0.2) is 41.5 Å². The number of nitrogens with one attached hydrogen (secondary N) is 1. The average molecular weight is 431 g/mol. The third-order valence-corrected chi connectivity index (χ3v) is 6.93. The largest absolute Gasteiger partial charge is 0.307 e. The van der Waals surface area contributed by atoms with E-state index in [1.807, 2.05) is 0 Å². The fourth-order valence-corrected chi connectivity index (χ4v) is 4.97. The highest BCUT2D eigenvalue weighted by atomic mass is 32.2. The minimum Gasteiger partial charge on any atom is -0.307 e. The van der Waals surface area contributed by atoms with Crippen LogP contribution >= 0.6 is 0 Å². The summed E-state index contributed by atoms with van der Waals surface area (Å²) in [4.78, 5) is 12.5. The molecule has 0 spiro atoms. The standard InChI is InChI=1S/C22H30N4O3S/c1-18(2)17-26-21(13-14-23-26)24-22(27)12-9-19-7-10-20(11-8-19)30(28,29)25-15-5-3-4-6-16-25/h7-14,18H,3-6,15-17H2,1-2H3,(H,24,27)/b12-9+. The molecule has 1 amide bonds. The van der Waals surface area contributed by atoms with Crippen LogP contribution in [-0.2, 0) is 21.4 Å². The monoisotopic (exact) mass is 430 g/mol. The normalized spacial score (nSPS) is 16.1. The topological polar surface area (TPSA) is 84.3 Å². The lowest BCUT2D eigenvalue weighted by atomic mass is 10.2. The van der Waals surface area contributed by atoms with Crippen molar-refractivity contribution in [1.82, 2.24) is 14.1 Å². The van der Waals surface area contributed by atoms with Gasteiger partial charge in [0.1, 0.15) is 5.82 Å². The second-order valence-corrected chi connectivity index (χ2v) is 9.94. The first-order valence-electron chi connectivity index (χ1n) is 10.5. The molecule has 2 aromatic rings. The third kappa shape index (κ3) is 5.79. The van der Waals surface area contributed by atoms with Crippen LogP contribution < -0.4 is 5.32 Å². The van der Waals surface area contributed by atoms with Crippen molar-refractivity contribution in [3.05, 3.63) is 48.2 Å². The Morgan fingerprint density at radius 2 is 1.77 bits per heavy atom. The number of sulfonamides is 1. The van der Waals surface area contributed by atoms with E-state index in [0.717, 1.165) is 37.8 Å². The molecule has 1 saturated heterocycles. The van der Waals surface area contributed by atoms with E-state index < -0.39 is 10.0 Å². The molecule has 1 aromatic carbocycles. The predicted molar refractivity (Wildman–Crippen MR) is 118 cm³/mol. The van der Waals surface area contributed by atoms with Crippen LogP contribution in [0.15, 0.2) is 47.5 Å². The van der Waals surface area contributed by atoms with Crippen molar-refractivity contribution in [3.8, 4) is 0 Å². The SMILES string of the molecule is CC(C)Cn1nccc1NC(=O)/C=C/c1ccc(S(=O)(=O)N2CCCCCC2)cc1. The van der Waals surface area contributed by atoms with Gasteiger partial charge in [0.2, 0.25) is 15.9 Å². The van der Waals surface area contributed by atoms with E-state index in [1.54, 1.807) is 51.6 Å². The van der Waals surface area contributed by atoms with Gasteiger partial charge in [0.15, 0.2) is 0 Å². The number of aromatic nitrogens is 2. The molecule has 1 aliphatic heterocycles. The Morgan fingerprint density at radius 3 is 2.40 bits per heavy atom. The fourth-order valence-electron chi connectivity index (χ4n) is 3.45. The van der Waals surface area contributed by atoms with Crippen molar-refractivity contribution in [3.63, 3.8) is 0 Å². The molecular weight excluding hydrogens is 400 g/mol. The van der Waals surface area contributed by atoms with Crippen molar-refractivity contribution < 1.29 is 13.2 Å². The summed E-state index contributed by atoms with van der Waals surface area (Å²) < 4.78 is 29.0. The Morgan fingerprint density at radius 1 is 1.10 bits per heavy atom. The molecule has 3 rings (SSSR count). The van der Waals surface area contributed by atoms with Crippen molar-refractivity contribution in [2.45, 2.75) is 51.0 Å². The Labute approximate surface area is 178 Å². The smallest absolute Gasteiger partial charge is 0.249 e. The first kappa shape index (κ1) is 22.2. The van der Waals surface area contributed by atoms with Gasteiger partial charge in [-0.3, -0.25) is 4.79 Å². The van der Waals surface area contributed by atoms with Gasteiger partial charge in [-0.1, -0.05) is 38.8 Å². The third-order valence-electron chi connectivity index (χ3n) is 5.02. The second kappa shape index (κ2) is 10.0. The number of carbonyl (C=O) groups is 1. The first-order valence-corrected chi connectivity index (χ1v) is 11.9. The Bertz CT molecular complexity index is 970. The van der Waals surface area contributed by atoms with E-state index in [2.05, 4.69) is 24.3 Å². The first-order chi connectivity index (χ1) is 14.4. The maximum atomic E-state index is 12.8. The van der Waals surface area contributed by atoms with Gasteiger partial charge in [-0.25, -0.2) is 13.1 Å². The lowest BCUT2D eigenvalue weighted by Crippen LogP contribution is -2.31. The van der Waals surface area contributed by atoms with E-state index in [-0.39, 0.29) is 5.91 Å². The summed E-state index contributed by atoms with van der Waals surface area (Å²) in [5.41, 5.74) is 0.760. The number of nitrogens with zero attached hydrogens (tertiary/aromatic N) is 3. The van der Waals surface area contributed by atoms with Gasteiger partial charge in [0.25, 0.3) is 0 Å². The van der Waals surface area contributed by atoms with Crippen molar-refractivity contribution >= 4 is 27.8 Å². The summed E-state index contributed by atoms with van der Waals surface area (Å²) in [7, 11) is -3.46. The van der Waals surface area contributed by atoms with Crippen molar-refractivity contribution in [2.24, 2.45) is 5.92 Å². The van der Waals surface area contributed by atoms with Crippen LogP contribution in [0.3, 0.4) is 0 Å². The Kier molecular flexibility index (Phi) is 7.44. The minimum absolute atomic E-state index is 0.262. The van der Waals surface area contributed by atoms with Crippen LogP contribution in [0.2, 0.25) is 0 Å². The van der Waals surface area contributed by atoms with E-state index >= 15 is 0 Å². The number of carbonyl (C=O) groups excluding carboxylic acids is 1. The summed E-state index contributed by atoms with van der Waals surface area (Å²) in [6.07, 6.45) is 8.74. The second-order valence-electron chi connectivity index (χ2n) is 8.00. The maximum Gasteiger partial charge on any atom is 0.249 e. The van der Waals surface area contributed by atoms with Gasteiger partial charge in [0, 0.05) is 31.8 Å². The van der Waals surface area contributed by atoms with Crippen LogP contribution in [0.1, 0.15) is 45.1 Å². The molecule has 0 radical (unpaired) electrons. The molecule has 0 atom stereocenters. The molecular formula is C22H30N4O3S. The van der Waals surface area contributed by atoms with Crippen LogP contribution in [0.5, 0.6) is 0 Å². The lowest BCUT2D eigenvalue weighted by Gasteiger charge is -2.19. The van der Waals surface area contributed by atoms with Crippen molar-refractivity contribution in [1.29, 1.82) is 0 Å². The molecule has 8 heteroatoms. The molecule has 2 heterocycles. The zero-order valence-electron chi connectivity index (χ0n) is 17.6. The average Bonchev–Trinajstić information content (AvgIpc) is 2.95. The van der Waals surface area contributed by atoms with Gasteiger partial charge >= 0.3 is 0 Å². The number of hydrogen-bond acceptors (Lipinski definition) is 4. The van der Waals surface area contributed by atoms with Gasteiger partial charge in [-0.2, -0.15) is 9.40 Å². The Hall–Kier alpha value is -2.45. The molecule has 162 valence electrons. The quantitative estimate of drug-likeness (QED) is 0.678. The summed E-state index contributed by atoms with van der Waals surface area (Å²) in [6, 6.07) is 8.41. The van der Waals surface area contributed by atoms with E-state index in [9.17, 15) is 13.2 Å². The summed E-state index contributed by atoms with van der Waals surface area (Å²) in [5, 5.41) is 7.04. The molecule has 0 bridgehead atoms. The van der Waals surface area contributed by atoms with Crippen LogP contribution in [0.4, 0.5) is 5.82 Å². The van der Waals surface area contributed by atoms with Gasteiger partial charge < -0.3 is 5.32 Å². The molecule has 0 unspecified atom stereocenters. The highest BCUT2D eigenvalue weighted by Gasteiger charge is 2.24. The molecule has 0 saturated carbocycles. The van der Waals surface area contributed by atoms with E-state index in [1.165, 1.54) is 6.08 Å². The number of rotatable bonds is 7. The predicted octanol–water partition coefficient (Wildman–Crippen LogP) is 3.76. The fraction of sp³-hybridized carbons (Fsp3) is 0.455. The highest BCUT2D eigenvalue weighted by molar-refractivity contribution is 7.89. The number of benzene rings is 1. The molecule has 7 nitrogen and oxygen atoms in total. The summed E-state index contributed by atoms with van der Waals surface area (Å²) >= 11 is 0. The van der Waals surface area contributed by atoms with E-state index in [4.69, 9.17) is 0 Å². The zero-order chi connectivity index (χ0) is 21.6. The highest BCUT2D eigenvalue weighted by Crippen LogP contribution is 2.21. The van der Waals surface area contributed by atoms with Gasteiger partial charge in [0.05, 0.1) is 11.1 Å².